The summed E-state index contributed by atoms with van der Waals surface area (Å²) in [5.74, 6) is -1.43. The highest BCUT2D eigenvalue weighted by Gasteiger charge is 2.26. The second-order valence-electron chi connectivity index (χ2n) is 6.94. The van der Waals surface area contributed by atoms with E-state index >= 15 is 0 Å². The highest BCUT2D eigenvalue weighted by Crippen LogP contribution is 2.31. The molecule has 2 aromatic rings. The lowest BCUT2D eigenvalue weighted by molar-refractivity contribution is -0.130. The zero-order valence-electron chi connectivity index (χ0n) is 16.7. The summed E-state index contributed by atoms with van der Waals surface area (Å²) in [5, 5.41) is 2.94. The Labute approximate surface area is 173 Å². The average Bonchev–Trinajstić information content (AvgIpc) is 2.73. The van der Waals surface area contributed by atoms with Crippen molar-refractivity contribution in [2.45, 2.75) is 44.9 Å². The van der Waals surface area contributed by atoms with Crippen LogP contribution < -0.4 is 14.8 Å². The fraction of sp³-hybridized carbons (Fsp3) is 0.364. The summed E-state index contributed by atoms with van der Waals surface area (Å²) in [4.78, 5) is 25.0. The van der Waals surface area contributed by atoms with E-state index in [2.05, 4.69) is 10.1 Å². The molecule has 1 aliphatic rings. The summed E-state index contributed by atoms with van der Waals surface area (Å²) in [7, 11) is 1.26. The maximum absolute atomic E-state index is 12.6. The van der Waals surface area contributed by atoms with Crippen molar-refractivity contribution in [3.05, 3.63) is 59.2 Å². The lowest BCUT2D eigenvalue weighted by atomic mass is 9.87. The van der Waals surface area contributed by atoms with Crippen molar-refractivity contribution in [1.82, 2.24) is 5.32 Å². The maximum atomic E-state index is 12.6. The summed E-state index contributed by atoms with van der Waals surface area (Å²) in [6, 6.07) is 11.5. The Morgan fingerprint density at radius 2 is 1.90 bits per heavy atom. The monoisotopic (exact) mass is 419 g/mol. The van der Waals surface area contributed by atoms with Crippen LogP contribution in [0.1, 0.15) is 47.3 Å². The van der Waals surface area contributed by atoms with Crippen molar-refractivity contribution in [3.8, 4) is 11.5 Å². The third-order valence-corrected chi connectivity index (χ3v) is 4.95. The Hall–Kier alpha value is -3.16. The van der Waals surface area contributed by atoms with Crippen LogP contribution in [-0.4, -0.2) is 31.7 Å². The third kappa shape index (κ3) is 5.06. The maximum Gasteiger partial charge on any atom is 0.387 e. The first-order valence-corrected chi connectivity index (χ1v) is 9.61. The predicted molar refractivity (Wildman–Crippen MR) is 105 cm³/mol. The van der Waals surface area contributed by atoms with Crippen molar-refractivity contribution in [3.63, 3.8) is 0 Å². The van der Waals surface area contributed by atoms with Crippen molar-refractivity contribution in [2.24, 2.45) is 0 Å². The molecule has 0 aliphatic heterocycles. The van der Waals surface area contributed by atoms with Gasteiger partial charge in [-0.2, -0.15) is 8.78 Å². The molecule has 0 heterocycles. The van der Waals surface area contributed by atoms with Gasteiger partial charge in [0.1, 0.15) is 0 Å². The normalized spacial score (nSPS) is 16.4. The molecule has 0 aromatic heterocycles. The van der Waals surface area contributed by atoms with Gasteiger partial charge in [-0.05, 0) is 55.5 Å². The number of methoxy groups -OCH3 is 1. The summed E-state index contributed by atoms with van der Waals surface area (Å²) in [6.07, 6.45) is 1.71. The first kappa shape index (κ1) is 21.5. The molecule has 2 aromatic carbocycles. The minimum absolute atomic E-state index is 0.0410. The third-order valence-electron chi connectivity index (χ3n) is 4.95. The van der Waals surface area contributed by atoms with Crippen molar-refractivity contribution < 1.29 is 32.6 Å². The quantitative estimate of drug-likeness (QED) is 0.686. The molecule has 160 valence electrons. The van der Waals surface area contributed by atoms with E-state index in [0.29, 0.717) is 0 Å². The summed E-state index contributed by atoms with van der Waals surface area (Å²) in [5.41, 5.74) is 2.34. The van der Waals surface area contributed by atoms with Crippen LogP contribution in [0.5, 0.6) is 11.5 Å². The number of rotatable bonds is 7. The lowest BCUT2D eigenvalue weighted by Gasteiger charge is -2.27. The Bertz CT molecular complexity index is 918. The molecule has 1 aliphatic carbocycles. The SMILES string of the molecule is COc1cc(C(=O)O[C@@H](C)C(=O)N[C@H]2CCCc3ccccc32)ccc1OC(F)F. The fourth-order valence-corrected chi connectivity index (χ4v) is 3.46. The van der Waals surface area contributed by atoms with Crippen LogP contribution in [0.25, 0.3) is 0 Å². The number of carbonyl (C=O) groups excluding carboxylic acids is 2. The average molecular weight is 419 g/mol. The van der Waals surface area contributed by atoms with Gasteiger partial charge < -0.3 is 19.5 Å². The minimum Gasteiger partial charge on any atom is -0.493 e. The largest absolute Gasteiger partial charge is 0.493 e. The molecule has 0 fully saturated rings. The standard InChI is InChI=1S/C22H23F2NO5/c1-13(20(26)25-17-9-5-7-14-6-3-4-8-16(14)17)29-21(27)15-10-11-18(30-22(23)24)19(12-15)28-2/h3-4,6,8,10-13,17,22H,5,7,9H2,1-2H3,(H,25,26)/t13-,17-/m0/s1. The predicted octanol–water partition coefficient (Wildman–Crippen LogP) is 4.04. The van der Waals surface area contributed by atoms with Crippen LogP contribution in [0.15, 0.2) is 42.5 Å². The molecular formula is C22H23F2NO5. The smallest absolute Gasteiger partial charge is 0.387 e. The molecular weight excluding hydrogens is 396 g/mol. The van der Waals surface area contributed by atoms with Crippen LogP contribution >= 0.6 is 0 Å². The number of carbonyl (C=O) groups is 2. The molecule has 8 heteroatoms. The van der Waals surface area contributed by atoms with E-state index in [1.807, 2.05) is 24.3 Å². The van der Waals surface area contributed by atoms with E-state index < -0.39 is 24.6 Å². The van der Waals surface area contributed by atoms with Crippen LogP contribution in [0.3, 0.4) is 0 Å². The van der Waals surface area contributed by atoms with Crippen molar-refractivity contribution in [2.75, 3.05) is 7.11 Å². The lowest BCUT2D eigenvalue weighted by Crippen LogP contribution is -2.39. The van der Waals surface area contributed by atoms with Gasteiger partial charge >= 0.3 is 12.6 Å². The number of fused-ring (bicyclic) bond motifs is 1. The summed E-state index contributed by atoms with van der Waals surface area (Å²) >= 11 is 0. The van der Waals surface area contributed by atoms with Gasteiger partial charge in [-0.15, -0.1) is 0 Å². The van der Waals surface area contributed by atoms with Gasteiger partial charge in [0.2, 0.25) is 0 Å². The van der Waals surface area contributed by atoms with Gasteiger partial charge in [-0.25, -0.2) is 4.79 Å². The van der Waals surface area contributed by atoms with E-state index in [9.17, 15) is 18.4 Å². The van der Waals surface area contributed by atoms with E-state index in [0.717, 1.165) is 24.8 Å². The van der Waals surface area contributed by atoms with Crippen molar-refractivity contribution >= 4 is 11.9 Å². The number of esters is 1. The van der Waals surface area contributed by atoms with Gasteiger partial charge in [-0.1, -0.05) is 24.3 Å². The van der Waals surface area contributed by atoms with E-state index in [-0.39, 0.29) is 23.1 Å². The second-order valence-corrected chi connectivity index (χ2v) is 6.94. The molecule has 3 rings (SSSR count). The minimum atomic E-state index is -3.02. The summed E-state index contributed by atoms with van der Waals surface area (Å²) < 4.78 is 39.4. The molecule has 0 radical (unpaired) electrons. The number of amides is 1. The van der Waals surface area contributed by atoms with Gasteiger partial charge in [0, 0.05) is 0 Å². The molecule has 1 N–H and O–H groups in total. The Morgan fingerprint density at radius 3 is 2.63 bits per heavy atom. The Balaban J connectivity index is 1.64. The molecule has 0 unspecified atom stereocenters. The molecule has 0 spiro atoms. The number of hydrogen-bond donors (Lipinski definition) is 1. The van der Waals surface area contributed by atoms with E-state index in [1.54, 1.807) is 0 Å². The molecule has 0 saturated carbocycles. The zero-order chi connectivity index (χ0) is 21.7. The number of aryl methyl sites for hydroxylation is 1. The van der Waals surface area contributed by atoms with Gasteiger partial charge in [-0.3, -0.25) is 4.79 Å². The first-order chi connectivity index (χ1) is 14.4. The molecule has 0 bridgehead atoms. The molecule has 0 saturated heterocycles. The van der Waals surface area contributed by atoms with Gasteiger partial charge in [0.15, 0.2) is 17.6 Å². The highest BCUT2D eigenvalue weighted by atomic mass is 19.3. The topological polar surface area (TPSA) is 73.9 Å². The van der Waals surface area contributed by atoms with Crippen LogP contribution in [0.2, 0.25) is 0 Å². The van der Waals surface area contributed by atoms with Crippen LogP contribution in [0, 0.1) is 0 Å². The van der Waals surface area contributed by atoms with Crippen LogP contribution in [-0.2, 0) is 16.0 Å². The Kier molecular flexibility index (Phi) is 6.87. The van der Waals surface area contributed by atoms with Crippen LogP contribution in [0.4, 0.5) is 8.78 Å². The molecule has 2 atom stereocenters. The number of nitrogens with one attached hydrogen (secondary N) is 1. The number of hydrogen-bond acceptors (Lipinski definition) is 5. The number of benzene rings is 2. The number of alkyl halides is 2. The number of ether oxygens (including phenoxy) is 3. The fourth-order valence-electron chi connectivity index (χ4n) is 3.46. The van der Waals surface area contributed by atoms with Crippen molar-refractivity contribution in [1.29, 1.82) is 0 Å². The summed E-state index contributed by atoms with van der Waals surface area (Å²) in [6.45, 7) is -1.54. The number of halogens is 2. The molecule has 6 nitrogen and oxygen atoms in total. The van der Waals surface area contributed by atoms with E-state index in [4.69, 9.17) is 9.47 Å². The van der Waals surface area contributed by atoms with Gasteiger partial charge in [0.05, 0.1) is 18.7 Å². The zero-order valence-corrected chi connectivity index (χ0v) is 16.7. The second kappa shape index (κ2) is 9.56. The highest BCUT2D eigenvalue weighted by molar-refractivity contribution is 5.93. The van der Waals surface area contributed by atoms with E-state index in [1.165, 1.54) is 37.8 Å². The van der Waals surface area contributed by atoms with Gasteiger partial charge in [0.25, 0.3) is 5.91 Å². The molecule has 30 heavy (non-hydrogen) atoms. The first-order valence-electron chi connectivity index (χ1n) is 9.61. The molecule has 1 amide bonds. The Morgan fingerprint density at radius 1 is 1.13 bits per heavy atom.